The van der Waals surface area contributed by atoms with Gasteiger partial charge in [-0.1, -0.05) is 25.1 Å². The van der Waals surface area contributed by atoms with Gasteiger partial charge in [0, 0.05) is 48.5 Å². The molecule has 2 saturated heterocycles. The maximum atomic E-state index is 13.7. The van der Waals surface area contributed by atoms with Crippen LogP contribution in [0, 0.1) is 5.41 Å². The Labute approximate surface area is 233 Å². The molecule has 0 bridgehead atoms. The molecule has 9 heteroatoms. The van der Waals surface area contributed by atoms with E-state index in [1.807, 2.05) is 22.7 Å². The predicted molar refractivity (Wildman–Crippen MR) is 144 cm³/mol. The molecule has 200 valence electrons. The summed E-state index contributed by atoms with van der Waals surface area (Å²) in [5.41, 5.74) is 0.570. The van der Waals surface area contributed by atoms with Crippen LogP contribution in [0.5, 0.6) is 0 Å². The molecule has 1 N–H and O–H groups in total. The Kier molecular flexibility index (Phi) is 4.29. The van der Waals surface area contributed by atoms with Gasteiger partial charge in [-0.05, 0) is 60.7 Å². The number of hydrogen-bond donors (Lipinski definition) is 1. The number of anilines is 1. The first-order valence-electron chi connectivity index (χ1n) is 16.0. The van der Waals surface area contributed by atoms with Crippen molar-refractivity contribution in [3.63, 3.8) is 0 Å². The van der Waals surface area contributed by atoms with Crippen molar-refractivity contribution < 1.29 is 26.0 Å². The van der Waals surface area contributed by atoms with Crippen LogP contribution in [0.3, 0.4) is 0 Å². The zero-order valence-corrected chi connectivity index (χ0v) is 21.6. The van der Waals surface area contributed by atoms with Crippen molar-refractivity contribution in [2.75, 3.05) is 18.0 Å². The second-order valence-corrected chi connectivity index (χ2v) is 11.3. The van der Waals surface area contributed by atoms with E-state index in [1.54, 1.807) is 6.20 Å². The fourth-order valence-electron chi connectivity index (χ4n) is 6.04. The van der Waals surface area contributed by atoms with Gasteiger partial charge in [0.2, 0.25) is 17.7 Å². The van der Waals surface area contributed by atoms with E-state index in [0.717, 1.165) is 30.6 Å². The lowest BCUT2D eigenvalue weighted by molar-refractivity contribution is -0.138. The van der Waals surface area contributed by atoms with Crippen LogP contribution in [0.25, 0.3) is 10.8 Å². The number of nitrogens with one attached hydrogen (secondary N) is 1. The monoisotopic (exact) mass is 530 g/mol. The summed E-state index contributed by atoms with van der Waals surface area (Å²) in [4.78, 5) is 54.1. The predicted octanol–water partition coefficient (Wildman–Crippen LogP) is 3.36. The number of hydrogen-bond acceptors (Lipinski definition) is 5. The second kappa shape index (κ2) is 8.76. The van der Waals surface area contributed by atoms with Crippen LogP contribution < -0.4 is 10.2 Å². The summed E-state index contributed by atoms with van der Waals surface area (Å²) >= 11 is 0. The van der Waals surface area contributed by atoms with E-state index in [9.17, 15) is 19.2 Å². The molecule has 1 aromatic heterocycles. The maximum absolute atomic E-state index is 13.7. The van der Waals surface area contributed by atoms with Gasteiger partial charge in [-0.3, -0.25) is 34.1 Å². The number of benzene rings is 2. The van der Waals surface area contributed by atoms with Gasteiger partial charge in [-0.2, -0.15) is 5.10 Å². The third-order valence-electron chi connectivity index (χ3n) is 8.62. The Balaban J connectivity index is 1.24. The zero-order chi connectivity index (χ0) is 31.2. The molecule has 4 aliphatic rings. The van der Waals surface area contributed by atoms with Crippen LogP contribution in [0.15, 0.2) is 42.6 Å². The van der Waals surface area contributed by atoms with E-state index in [-0.39, 0.29) is 82.3 Å². The first-order chi connectivity index (χ1) is 20.9. The van der Waals surface area contributed by atoms with Crippen molar-refractivity contribution in [2.45, 2.75) is 64.0 Å². The summed E-state index contributed by atoms with van der Waals surface area (Å²) < 4.78 is 45.5. The fourth-order valence-corrected chi connectivity index (χ4v) is 6.04. The Hall–Kier alpha value is -4.01. The van der Waals surface area contributed by atoms with Gasteiger partial charge in [-0.25, -0.2) is 0 Å². The van der Waals surface area contributed by atoms with E-state index in [1.165, 1.54) is 0 Å². The summed E-state index contributed by atoms with van der Waals surface area (Å²) in [6, 6.07) is -2.89. The van der Waals surface area contributed by atoms with Gasteiger partial charge in [0.05, 0.1) is 24.8 Å². The summed E-state index contributed by atoms with van der Waals surface area (Å²) in [6.07, 6.45) is 7.03. The third-order valence-corrected chi connectivity index (χ3v) is 8.62. The van der Waals surface area contributed by atoms with Crippen molar-refractivity contribution in [1.82, 2.24) is 20.0 Å². The Morgan fingerprint density at radius 1 is 1.13 bits per heavy atom. The number of carbonyl (C=O) groups is 4. The van der Waals surface area contributed by atoms with Crippen molar-refractivity contribution in [3.05, 3.63) is 59.3 Å². The quantitative estimate of drug-likeness (QED) is 0.510. The number of rotatable bonds is 5. The van der Waals surface area contributed by atoms with Gasteiger partial charge in [0.15, 0.2) is 0 Å². The van der Waals surface area contributed by atoms with Crippen molar-refractivity contribution in [1.29, 1.82) is 0 Å². The highest BCUT2D eigenvalue weighted by Gasteiger charge is 2.47. The zero-order valence-electron chi connectivity index (χ0n) is 26.6. The number of nitrogens with zero attached hydrogens (tertiary/aromatic N) is 4. The van der Waals surface area contributed by atoms with Gasteiger partial charge >= 0.3 is 0 Å². The highest BCUT2D eigenvalue weighted by Crippen LogP contribution is 2.47. The Morgan fingerprint density at radius 3 is 2.67 bits per heavy atom. The lowest BCUT2D eigenvalue weighted by Crippen LogP contribution is -2.53. The Morgan fingerprint density at radius 2 is 1.92 bits per heavy atom. The van der Waals surface area contributed by atoms with Gasteiger partial charge in [0.25, 0.3) is 5.91 Å². The molecular formula is C30H31N5O4. The summed E-state index contributed by atoms with van der Waals surface area (Å²) in [7, 11) is 0. The molecule has 9 nitrogen and oxygen atoms in total. The number of aromatic nitrogens is 2. The molecule has 1 atom stereocenters. The van der Waals surface area contributed by atoms with Crippen LogP contribution in [-0.2, 0) is 20.8 Å². The van der Waals surface area contributed by atoms with Crippen LogP contribution in [0.4, 0.5) is 5.69 Å². The fraction of sp³-hybridized carbons (Fsp3) is 0.433. The third kappa shape index (κ3) is 3.94. The molecule has 1 saturated carbocycles. The minimum absolute atomic E-state index is 0.0147. The topological polar surface area (TPSA) is 105 Å². The number of carbonyl (C=O) groups excluding carboxylic acids is 4. The first-order valence-corrected chi connectivity index (χ1v) is 13.5. The maximum Gasteiger partial charge on any atom is 0.259 e. The molecule has 1 unspecified atom stereocenters. The molecule has 3 aromatic rings. The average Bonchev–Trinajstić information content (AvgIpc) is 3.45. The van der Waals surface area contributed by atoms with E-state index < -0.39 is 35.8 Å². The van der Waals surface area contributed by atoms with E-state index >= 15 is 0 Å². The minimum atomic E-state index is -1.13. The SMILES string of the molecule is [2H]c1c([2H])c2c3c(c([2H])c([2H])c(Cc4cnn(C5CCN(C(=O)C6(C)CC6)CC5)c4)c3c1[2H])N(C1CCC(=O)NC1=O)C2=O. The smallest absolute Gasteiger partial charge is 0.259 e. The van der Waals surface area contributed by atoms with Crippen molar-refractivity contribution >= 4 is 40.1 Å². The van der Waals surface area contributed by atoms with E-state index in [2.05, 4.69) is 10.4 Å². The van der Waals surface area contributed by atoms with Gasteiger partial charge < -0.3 is 4.90 Å². The first kappa shape index (κ1) is 19.1. The number of likely N-dealkylation sites (tertiary alicyclic amines) is 1. The standard InChI is InChI=1S/C30H31N5O4/c1-30(11-12-30)29(39)33-13-9-20(10-14-33)34-17-18(16-31-34)15-19-5-6-23-26-21(19)3-2-4-22(26)28(38)35(23)24-7-8-25(36)32-27(24)37/h2-6,16-17,20,24H,7-15H2,1H3,(H,32,36,37)/i2D,3D,4D,5D,6D. The van der Waals surface area contributed by atoms with Gasteiger partial charge in [-0.15, -0.1) is 0 Å². The van der Waals surface area contributed by atoms with Crippen LogP contribution in [-0.4, -0.2) is 57.4 Å². The van der Waals surface area contributed by atoms with Crippen LogP contribution in [0.1, 0.15) is 79.8 Å². The molecular weight excluding hydrogens is 494 g/mol. The largest absolute Gasteiger partial charge is 0.342 e. The molecule has 0 spiro atoms. The number of amides is 4. The molecule has 3 fully saturated rings. The normalized spacial score (nSPS) is 24.3. The molecule has 39 heavy (non-hydrogen) atoms. The minimum Gasteiger partial charge on any atom is -0.342 e. The number of piperidine rings is 2. The summed E-state index contributed by atoms with van der Waals surface area (Å²) in [5, 5.41) is 7.03. The summed E-state index contributed by atoms with van der Waals surface area (Å²) in [5.74, 6) is -1.71. The highest BCUT2D eigenvalue weighted by molar-refractivity contribution is 6.27. The molecule has 4 amide bonds. The molecule has 0 radical (unpaired) electrons. The highest BCUT2D eigenvalue weighted by atomic mass is 16.2. The lowest BCUT2D eigenvalue weighted by atomic mass is 9.97. The average molecular weight is 531 g/mol. The molecule has 1 aliphatic carbocycles. The van der Waals surface area contributed by atoms with E-state index in [0.29, 0.717) is 18.7 Å². The van der Waals surface area contributed by atoms with Crippen molar-refractivity contribution in [3.8, 4) is 0 Å². The Bertz CT molecular complexity index is 1810. The summed E-state index contributed by atoms with van der Waals surface area (Å²) in [6.45, 7) is 3.33. The molecule has 3 aliphatic heterocycles. The molecule has 4 heterocycles. The van der Waals surface area contributed by atoms with Crippen LogP contribution >= 0.6 is 0 Å². The molecule has 7 rings (SSSR count). The van der Waals surface area contributed by atoms with Gasteiger partial charge in [0.1, 0.15) is 6.04 Å². The van der Waals surface area contributed by atoms with E-state index in [4.69, 9.17) is 6.85 Å². The number of imide groups is 1. The molecule has 2 aromatic carbocycles. The lowest BCUT2D eigenvalue weighted by Gasteiger charge is -2.33. The van der Waals surface area contributed by atoms with Crippen molar-refractivity contribution in [2.24, 2.45) is 5.41 Å². The second-order valence-electron chi connectivity index (χ2n) is 11.3. The van der Waals surface area contributed by atoms with Crippen LogP contribution in [0.2, 0.25) is 0 Å².